The van der Waals surface area contributed by atoms with Gasteiger partial charge in [0.1, 0.15) is 34.7 Å². The fraction of sp³-hybridized carbons (Fsp3) is 0.441. The van der Waals surface area contributed by atoms with Crippen molar-refractivity contribution in [3.8, 4) is 11.5 Å². The molecule has 14 heteroatoms. The highest BCUT2D eigenvalue weighted by molar-refractivity contribution is 7.89. The number of hydrogen-bond acceptors (Lipinski definition) is 8. The maximum atomic E-state index is 13.2. The van der Waals surface area contributed by atoms with E-state index in [1.165, 1.54) is 34.3 Å². The van der Waals surface area contributed by atoms with Gasteiger partial charge in [-0.1, -0.05) is 11.2 Å². The maximum Gasteiger partial charge on any atom is 0.240 e. The second kappa shape index (κ2) is 11.9. The van der Waals surface area contributed by atoms with Crippen LogP contribution in [0.4, 0.5) is 5.69 Å². The summed E-state index contributed by atoms with van der Waals surface area (Å²) in [6.07, 6.45) is 7.63. The van der Waals surface area contributed by atoms with Crippen molar-refractivity contribution in [2.75, 3.05) is 44.2 Å². The average molecular weight is 689 g/mol. The molecular formula is C34H36N6O6S2. The van der Waals surface area contributed by atoms with Gasteiger partial charge >= 0.3 is 0 Å². The Morgan fingerprint density at radius 1 is 0.917 bits per heavy atom. The standard InChI is InChI=1S/C34H36N6O6S2/c35-38-36-12-5-13-37-47(41,42)23-10-11-24(29(20-23)48(43,44)45)30-27-18-21-6-1-14-39-16-3-8-25(31(21)39)33(27)46-34-26-9-4-17-40-15-2-7-22(32(26)40)19-28(30)34/h10-11,18-20,37H,1-9,12-17H2. The van der Waals surface area contributed by atoms with Gasteiger partial charge in [0, 0.05) is 82.7 Å². The molecule has 0 unspecified atom stereocenters. The zero-order valence-corrected chi connectivity index (χ0v) is 28.1. The average Bonchev–Trinajstić information content (AvgIpc) is 3.07. The lowest BCUT2D eigenvalue weighted by atomic mass is 9.82. The summed E-state index contributed by atoms with van der Waals surface area (Å²) >= 11 is 0. The van der Waals surface area contributed by atoms with Crippen LogP contribution in [0.3, 0.4) is 0 Å². The van der Waals surface area contributed by atoms with Gasteiger partial charge in [-0.25, -0.2) is 26.1 Å². The molecular weight excluding hydrogens is 653 g/mol. The fourth-order valence-corrected chi connectivity index (χ4v) is 10.3. The summed E-state index contributed by atoms with van der Waals surface area (Å²) in [6, 6.07) is 8.01. The molecule has 12 nitrogen and oxygen atoms in total. The predicted molar refractivity (Wildman–Crippen MR) is 179 cm³/mol. The lowest BCUT2D eigenvalue weighted by Gasteiger charge is -2.39. The Bertz CT molecular complexity index is 2290. The Morgan fingerprint density at radius 3 is 2.46 bits per heavy atom. The number of ether oxygens (including phenoxy) is 1. The van der Waals surface area contributed by atoms with Gasteiger partial charge < -0.3 is 14.2 Å². The van der Waals surface area contributed by atoms with Gasteiger partial charge in [0.2, 0.25) is 15.4 Å². The third-order valence-electron chi connectivity index (χ3n) is 10.3. The van der Waals surface area contributed by atoms with Gasteiger partial charge in [-0.05, 0) is 80.3 Å². The highest BCUT2D eigenvalue weighted by Crippen LogP contribution is 2.49. The molecule has 0 saturated carbocycles. The van der Waals surface area contributed by atoms with E-state index in [2.05, 4.69) is 36.4 Å². The smallest absolute Gasteiger partial charge is 0.240 e. The Balaban J connectivity index is 1.41. The largest absolute Gasteiger partial charge is 0.744 e. The van der Waals surface area contributed by atoms with E-state index >= 15 is 0 Å². The summed E-state index contributed by atoms with van der Waals surface area (Å²) in [7, 11) is -9.31. The van der Waals surface area contributed by atoms with Crippen LogP contribution >= 0.6 is 0 Å². The molecule has 0 radical (unpaired) electrons. The van der Waals surface area contributed by atoms with Gasteiger partial charge in [0.25, 0.3) is 0 Å². The predicted octanol–water partition coefficient (Wildman–Crippen LogP) is 3.00. The van der Waals surface area contributed by atoms with Crippen molar-refractivity contribution in [3.63, 3.8) is 0 Å². The number of anilines is 1. The molecule has 5 heterocycles. The molecule has 0 bridgehead atoms. The number of aryl methyl sites for hydroxylation is 2. The quantitative estimate of drug-likeness (QED) is 0.0742. The molecule has 3 aromatic rings. The van der Waals surface area contributed by atoms with Crippen LogP contribution in [0.1, 0.15) is 65.5 Å². The van der Waals surface area contributed by atoms with Crippen molar-refractivity contribution >= 4 is 31.4 Å². The van der Waals surface area contributed by atoms with Crippen LogP contribution in [0.5, 0.6) is 11.5 Å². The molecule has 1 N–H and O–H groups in total. The molecule has 0 fully saturated rings. The Morgan fingerprint density at radius 2 is 1.67 bits per heavy atom. The number of nitrogens with zero attached hydrogens (tertiary/aromatic N) is 5. The van der Waals surface area contributed by atoms with Gasteiger partial charge in [-0.15, -0.1) is 0 Å². The minimum absolute atomic E-state index is 0.0200. The van der Waals surface area contributed by atoms with Crippen LogP contribution in [0.2, 0.25) is 0 Å². The number of nitrogens with one attached hydrogen (secondary N) is 1. The van der Waals surface area contributed by atoms with Gasteiger partial charge in [-0.3, -0.25) is 0 Å². The van der Waals surface area contributed by atoms with E-state index in [1.807, 2.05) is 0 Å². The third-order valence-corrected chi connectivity index (χ3v) is 12.6. The van der Waals surface area contributed by atoms with Crippen molar-refractivity contribution in [2.24, 2.45) is 5.11 Å². The molecule has 5 aliphatic rings. The maximum absolute atomic E-state index is 13.2. The van der Waals surface area contributed by atoms with E-state index in [0.717, 1.165) is 106 Å². The van der Waals surface area contributed by atoms with Crippen molar-refractivity contribution in [2.45, 2.75) is 67.6 Å². The zero-order chi connectivity index (χ0) is 33.2. The SMILES string of the molecule is [N-]=[N+]=NCCCNS(=O)(=O)c1ccc(C2=c3cc4c5c(c3Oc3c2cc2c6c3CCCN6CCC2)CCC[N+]=5CCC4)c(S(=O)(=O)[O-])c1. The summed E-state index contributed by atoms with van der Waals surface area (Å²) in [5.41, 5.74) is 15.8. The first kappa shape index (κ1) is 31.3. The summed E-state index contributed by atoms with van der Waals surface area (Å²) in [6.45, 7) is 4.00. The molecule has 5 aliphatic heterocycles. The summed E-state index contributed by atoms with van der Waals surface area (Å²) in [5, 5.41) is 5.37. The lowest BCUT2D eigenvalue weighted by molar-refractivity contribution is 0.431. The van der Waals surface area contributed by atoms with Crippen LogP contribution in [0.15, 0.2) is 45.2 Å². The van der Waals surface area contributed by atoms with Crippen LogP contribution in [0.25, 0.3) is 16.0 Å². The number of rotatable bonds is 8. The zero-order valence-electron chi connectivity index (χ0n) is 26.5. The molecule has 0 amide bonds. The van der Waals surface area contributed by atoms with Crippen molar-refractivity contribution in [1.82, 2.24) is 9.30 Å². The molecule has 8 rings (SSSR count). The van der Waals surface area contributed by atoms with Crippen LogP contribution in [-0.4, -0.2) is 60.7 Å². The topological polar surface area (TPSA) is 168 Å². The second-order valence-corrected chi connectivity index (χ2v) is 16.3. The first-order valence-electron chi connectivity index (χ1n) is 16.7. The molecule has 0 aliphatic carbocycles. The number of fused-ring (bicyclic) bond motifs is 4. The van der Waals surface area contributed by atoms with Crippen molar-refractivity contribution in [1.29, 1.82) is 0 Å². The number of azide groups is 1. The fourth-order valence-electron chi connectivity index (χ4n) is 8.37. The van der Waals surface area contributed by atoms with Gasteiger partial charge in [0.05, 0.1) is 15.4 Å². The highest BCUT2D eigenvalue weighted by Gasteiger charge is 2.36. The third kappa shape index (κ3) is 5.17. The number of sulfonamides is 1. The molecule has 0 atom stereocenters. The molecule has 250 valence electrons. The summed E-state index contributed by atoms with van der Waals surface area (Å²) in [4.78, 5) is 4.18. The van der Waals surface area contributed by atoms with Crippen molar-refractivity contribution < 1.29 is 26.1 Å². The Kier molecular flexibility index (Phi) is 7.76. The van der Waals surface area contributed by atoms with Gasteiger partial charge in [0.15, 0.2) is 0 Å². The minimum atomic E-state index is -5.14. The van der Waals surface area contributed by atoms with E-state index in [4.69, 9.17) is 10.3 Å². The van der Waals surface area contributed by atoms with E-state index in [-0.39, 0.29) is 30.0 Å². The Labute approximate surface area is 279 Å². The van der Waals surface area contributed by atoms with Crippen molar-refractivity contribution in [3.05, 3.63) is 84.7 Å². The lowest BCUT2D eigenvalue weighted by Crippen LogP contribution is -2.45. The Hall–Kier alpha value is -3.94. The van der Waals surface area contributed by atoms with Crippen LogP contribution in [-0.2, 0) is 45.8 Å². The molecule has 48 heavy (non-hydrogen) atoms. The monoisotopic (exact) mass is 688 g/mol. The molecule has 3 aromatic carbocycles. The normalized spacial score (nSPS) is 17.8. The van der Waals surface area contributed by atoms with Gasteiger partial charge in [-0.2, -0.15) is 0 Å². The van der Waals surface area contributed by atoms with E-state index in [9.17, 15) is 21.4 Å². The second-order valence-electron chi connectivity index (χ2n) is 13.2. The summed E-state index contributed by atoms with van der Waals surface area (Å²) < 4.78 is 77.6. The summed E-state index contributed by atoms with van der Waals surface area (Å²) in [5.74, 6) is 1.42. The van der Waals surface area contributed by atoms with E-state index in [0.29, 0.717) is 17.1 Å². The van der Waals surface area contributed by atoms with E-state index in [1.54, 1.807) is 0 Å². The first-order valence-corrected chi connectivity index (χ1v) is 19.6. The molecule has 0 aromatic heterocycles. The van der Waals surface area contributed by atoms with E-state index < -0.39 is 25.0 Å². The first-order chi connectivity index (χ1) is 23.2. The molecule has 0 saturated heterocycles. The number of benzene rings is 3. The highest BCUT2D eigenvalue weighted by atomic mass is 32.2. The number of hydrogen-bond donors (Lipinski definition) is 1. The van der Waals surface area contributed by atoms with Crippen LogP contribution < -0.4 is 29.5 Å². The van der Waals surface area contributed by atoms with Crippen LogP contribution in [0, 0.1) is 0 Å². The molecule has 0 spiro atoms. The minimum Gasteiger partial charge on any atom is -0.744 e.